The SMILES string of the molecule is CC(C)CCOC(=O)C=Cc1ccc(C=CC(=O)OCCC(C)C)c([NH+]([O-])O)c1. The van der Waals surface area contributed by atoms with Crippen LogP contribution in [-0.4, -0.2) is 30.4 Å². The smallest absolute Gasteiger partial charge is 0.330 e. The Kier molecular flexibility index (Phi) is 10.9. The lowest BCUT2D eigenvalue weighted by Gasteiger charge is -2.14. The number of hydrogen-bond acceptors (Lipinski definition) is 6. The largest absolute Gasteiger partial charge is 0.595 e. The van der Waals surface area contributed by atoms with Gasteiger partial charge in [-0.25, -0.2) is 14.8 Å². The van der Waals surface area contributed by atoms with Crippen LogP contribution in [0.2, 0.25) is 0 Å². The molecule has 0 aromatic heterocycles. The van der Waals surface area contributed by atoms with Gasteiger partial charge in [0, 0.05) is 23.8 Å². The number of benzene rings is 1. The van der Waals surface area contributed by atoms with Crippen LogP contribution in [0, 0.1) is 17.0 Å². The summed E-state index contributed by atoms with van der Waals surface area (Å²) < 4.78 is 10.2. The molecule has 0 saturated heterocycles. The van der Waals surface area contributed by atoms with Crippen molar-refractivity contribution in [2.75, 3.05) is 13.2 Å². The van der Waals surface area contributed by atoms with E-state index in [-0.39, 0.29) is 5.69 Å². The fourth-order valence-electron chi connectivity index (χ4n) is 2.22. The Morgan fingerprint density at radius 3 is 2.00 bits per heavy atom. The molecule has 0 spiro atoms. The molecular formula is C22H31NO6. The molecule has 0 saturated carbocycles. The monoisotopic (exact) mass is 405 g/mol. The second-order valence-electron chi connectivity index (χ2n) is 7.52. The number of carbonyl (C=O) groups is 2. The molecule has 1 atom stereocenters. The van der Waals surface area contributed by atoms with Crippen LogP contribution in [0.3, 0.4) is 0 Å². The summed E-state index contributed by atoms with van der Waals surface area (Å²) in [5.41, 5.74) is 0.932. The Morgan fingerprint density at radius 1 is 1.00 bits per heavy atom. The summed E-state index contributed by atoms with van der Waals surface area (Å²) in [6, 6.07) is 4.67. The van der Waals surface area contributed by atoms with E-state index < -0.39 is 17.2 Å². The Hall–Kier alpha value is -2.48. The summed E-state index contributed by atoms with van der Waals surface area (Å²) in [7, 11) is 0. The standard InChI is InChI=1S/C22H31NO6/c1-16(2)11-13-28-21(24)9-6-18-5-7-19(20(15-18)23(26)27)8-10-22(25)29-14-12-17(3)4/h5-10,15-17,23,26H,11-14H2,1-4H3. The molecule has 0 aliphatic heterocycles. The number of carbonyl (C=O) groups excluding carboxylic acids is 2. The van der Waals surface area contributed by atoms with E-state index in [0.717, 1.165) is 12.8 Å². The van der Waals surface area contributed by atoms with E-state index in [1.165, 1.54) is 30.4 Å². The predicted octanol–water partition coefficient (Wildman–Crippen LogP) is 3.30. The maximum atomic E-state index is 11.7. The van der Waals surface area contributed by atoms with Gasteiger partial charge < -0.3 is 14.7 Å². The molecule has 0 radical (unpaired) electrons. The average molecular weight is 405 g/mol. The van der Waals surface area contributed by atoms with Crippen LogP contribution in [0.25, 0.3) is 12.2 Å². The van der Waals surface area contributed by atoms with Gasteiger partial charge >= 0.3 is 11.9 Å². The fraction of sp³-hybridized carbons (Fsp3) is 0.455. The lowest BCUT2D eigenvalue weighted by Crippen LogP contribution is -2.99. The normalized spacial score (nSPS) is 12.8. The second kappa shape index (κ2) is 12.9. The van der Waals surface area contributed by atoms with Gasteiger partial charge in [-0.05, 0) is 48.5 Å². The highest BCUT2D eigenvalue weighted by Gasteiger charge is 2.09. The van der Waals surface area contributed by atoms with Crippen molar-refractivity contribution < 1.29 is 29.5 Å². The molecule has 29 heavy (non-hydrogen) atoms. The first-order valence-electron chi connectivity index (χ1n) is 9.76. The molecular weight excluding hydrogens is 374 g/mol. The van der Waals surface area contributed by atoms with Gasteiger partial charge in [0.05, 0.1) is 13.2 Å². The molecule has 0 aliphatic rings. The van der Waals surface area contributed by atoms with Gasteiger partial charge in [0.1, 0.15) is 0 Å². The topological polar surface area (TPSA) is 100 Å². The van der Waals surface area contributed by atoms with Crippen LogP contribution in [0.4, 0.5) is 5.69 Å². The van der Waals surface area contributed by atoms with Crippen LogP contribution in [0.1, 0.15) is 51.7 Å². The van der Waals surface area contributed by atoms with E-state index in [1.807, 2.05) is 27.7 Å². The molecule has 0 amide bonds. The van der Waals surface area contributed by atoms with E-state index in [4.69, 9.17) is 9.47 Å². The maximum absolute atomic E-state index is 11.7. The van der Waals surface area contributed by atoms with Crippen molar-refractivity contribution in [2.45, 2.75) is 40.5 Å². The minimum Gasteiger partial charge on any atom is -0.595 e. The van der Waals surface area contributed by atoms with E-state index in [9.17, 15) is 20.0 Å². The number of rotatable bonds is 11. The lowest BCUT2D eigenvalue weighted by molar-refractivity contribution is -0.991. The molecule has 0 aliphatic carbocycles. The fourth-order valence-corrected chi connectivity index (χ4v) is 2.22. The average Bonchev–Trinajstić information content (AvgIpc) is 2.64. The van der Waals surface area contributed by atoms with Crippen molar-refractivity contribution in [1.29, 1.82) is 0 Å². The molecule has 7 nitrogen and oxygen atoms in total. The predicted molar refractivity (Wildman–Crippen MR) is 111 cm³/mol. The Labute approximate surface area is 172 Å². The zero-order valence-corrected chi connectivity index (χ0v) is 17.5. The molecule has 2 N–H and O–H groups in total. The minimum absolute atomic E-state index is 0.0200. The quantitative estimate of drug-likeness (QED) is 0.333. The zero-order valence-electron chi connectivity index (χ0n) is 17.5. The van der Waals surface area contributed by atoms with Crippen LogP contribution in [0.15, 0.2) is 30.4 Å². The first-order chi connectivity index (χ1) is 13.7. The lowest BCUT2D eigenvalue weighted by atomic mass is 10.1. The number of quaternary nitrogens is 1. The van der Waals surface area contributed by atoms with Crippen molar-refractivity contribution in [1.82, 2.24) is 0 Å². The van der Waals surface area contributed by atoms with Crippen molar-refractivity contribution in [3.05, 3.63) is 46.7 Å². The third-order valence-electron chi connectivity index (χ3n) is 4.00. The Bertz CT molecular complexity index is 722. The maximum Gasteiger partial charge on any atom is 0.330 e. The van der Waals surface area contributed by atoms with Gasteiger partial charge in [-0.2, -0.15) is 5.23 Å². The van der Waals surface area contributed by atoms with E-state index >= 15 is 0 Å². The summed E-state index contributed by atoms with van der Waals surface area (Å²) >= 11 is 0. The summed E-state index contributed by atoms with van der Waals surface area (Å²) in [4.78, 5) is 23.4. The van der Waals surface area contributed by atoms with Gasteiger partial charge in [-0.15, -0.1) is 0 Å². The Morgan fingerprint density at radius 2 is 1.52 bits per heavy atom. The van der Waals surface area contributed by atoms with Gasteiger partial charge in [0.15, 0.2) is 5.69 Å². The number of nitrogens with one attached hydrogen (secondary N) is 1. The van der Waals surface area contributed by atoms with E-state index in [2.05, 4.69) is 0 Å². The van der Waals surface area contributed by atoms with Crippen molar-refractivity contribution in [3.63, 3.8) is 0 Å². The van der Waals surface area contributed by atoms with Crippen LogP contribution in [0.5, 0.6) is 0 Å². The molecule has 7 heteroatoms. The highest BCUT2D eigenvalue weighted by Crippen LogP contribution is 2.17. The van der Waals surface area contributed by atoms with Crippen molar-refractivity contribution in [3.8, 4) is 0 Å². The van der Waals surface area contributed by atoms with Gasteiger partial charge in [-0.3, -0.25) is 0 Å². The molecule has 0 heterocycles. The number of esters is 2. The highest BCUT2D eigenvalue weighted by atomic mass is 16.8. The molecule has 0 bridgehead atoms. The molecule has 1 unspecified atom stereocenters. The zero-order chi connectivity index (χ0) is 21.8. The van der Waals surface area contributed by atoms with Gasteiger partial charge in [0.25, 0.3) is 0 Å². The third kappa shape index (κ3) is 10.6. The summed E-state index contributed by atoms with van der Waals surface area (Å²) in [5.74, 6) is -0.123. The summed E-state index contributed by atoms with van der Waals surface area (Å²) in [6.07, 6.45) is 6.93. The highest BCUT2D eigenvalue weighted by molar-refractivity contribution is 5.89. The first kappa shape index (κ1) is 24.6. The van der Waals surface area contributed by atoms with E-state index in [1.54, 1.807) is 12.1 Å². The van der Waals surface area contributed by atoms with Gasteiger partial charge in [-0.1, -0.05) is 33.8 Å². The summed E-state index contributed by atoms with van der Waals surface area (Å²) in [6.45, 7) is 8.81. The van der Waals surface area contributed by atoms with Gasteiger partial charge in [0.2, 0.25) is 0 Å². The molecule has 160 valence electrons. The van der Waals surface area contributed by atoms with Crippen LogP contribution in [-0.2, 0) is 19.1 Å². The molecule has 0 fully saturated rings. The van der Waals surface area contributed by atoms with Crippen molar-refractivity contribution in [2.24, 2.45) is 11.8 Å². The summed E-state index contributed by atoms with van der Waals surface area (Å²) in [5, 5.41) is 19.8. The molecule has 1 aromatic rings. The van der Waals surface area contributed by atoms with Crippen molar-refractivity contribution >= 4 is 29.8 Å². The minimum atomic E-state index is -1.13. The van der Waals surface area contributed by atoms with Crippen LogP contribution >= 0.6 is 0 Å². The van der Waals surface area contributed by atoms with Crippen LogP contribution < -0.4 is 5.23 Å². The number of hydrogen-bond donors (Lipinski definition) is 2. The Balaban J connectivity index is 2.75. The van der Waals surface area contributed by atoms with E-state index in [0.29, 0.717) is 36.2 Å². The third-order valence-corrected chi connectivity index (χ3v) is 4.00. The first-order valence-corrected chi connectivity index (χ1v) is 9.76. The molecule has 1 rings (SSSR count). The molecule has 1 aromatic carbocycles. The second-order valence-corrected chi connectivity index (χ2v) is 7.52. The number of ether oxygens (including phenoxy) is 2.